The molecule has 0 bridgehead atoms. The van der Waals surface area contributed by atoms with Crippen molar-refractivity contribution in [2.45, 2.75) is 6.42 Å². The number of hydrogen-bond donors (Lipinski definition) is 0. The van der Waals surface area contributed by atoms with Crippen LogP contribution in [0.2, 0.25) is 0 Å². The third-order valence-corrected chi connectivity index (χ3v) is 3.33. The summed E-state index contributed by atoms with van der Waals surface area (Å²) < 4.78 is 1.33. The van der Waals surface area contributed by atoms with E-state index in [-0.39, 0.29) is 17.0 Å². The molecule has 0 saturated heterocycles. The predicted molar refractivity (Wildman–Crippen MR) is 74.7 cm³/mol. The van der Waals surface area contributed by atoms with Gasteiger partial charge in [0.2, 0.25) is 0 Å². The lowest BCUT2D eigenvalue weighted by Gasteiger charge is -2.25. The highest BCUT2D eigenvalue weighted by Gasteiger charge is 2.14. The van der Waals surface area contributed by atoms with E-state index in [1.807, 2.05) is 0 Å². The van der Waals surface area contributed by atoms with Gasteiger partial charge in [0.05, 0.1) is 0 Å². The van der Waals surface area contributed by atoms with Crippen LogP contribution in [0.25, 0.3) is 5.57 Å². The quantitative estimate of drug-likeness (QED) is 0.757. The maximum absolute atomic E-state index is 3.67. The van der Waals surface area contributed by atoms with E-state index in [2.05, 4.69) is 58.2 Å². The van der Waals surface area contributed by atoms with Crippen molar-refractivity contribution in [3.8, 4) is 0 Å². The SMILES string of the molecule is Br.CN1CCC(c2ccccc2)=C(Br)C1. The Balaban J connectivity index is 0.00000112. The van der Waals surface area contributed by atoms with E-state index in [1.165, 1.54) is 15.6 Å². The van der Waals surface area contributed by atoms with Crippen LogP contribution in [0.3, 0.4) is 0 Å². The Hall–Kier alpha value is -0.120. The average molecular weight is 333 g/mol. The molecule has 0 amide bonds. The van der Waals surface area contributed by atoms with Crippen LogP contribution >= 0.6 is 32.9 Å². The fourth-order valence-corrected chi connectivity index (χ4v) is 2.65. The van der Waals surface area contributed by atoms with Gasteiger partial charge < -0.3 is 4.90 Å². The lowest BCUT2D eigenvalue weighted by atomic mass is 10.00. The van der Waals surface area contributed by atoms with Gasteiger partial charge >= 0.3 is 0 Å². The van der Waals surface area contributed by atoms with E-state index in [9.17, 15) is 0 Å². The maximum Gasteiger partial charge on any atom is 0.0299 e. The average Bonchev–Trinajstić information content (AvgIpc) is 2.19. The first-order valence-electron chi connectivity index (χ1n) is 4.89. The van der Waals surface area contributed by atoms with E-state index in [4.69, 9.17) is 0 Å². The minimum atomic E-state index is 0. The Morgan fingerprint density at radius 3 is 2.47 bits per heavy atom. The van der Waals surface area contributed by atoms with E-state index in [0.717, 1.165) is 19.5 Å². The van der Waals surface area contributed by atoms with Crippen LogP contribution in [0, 0.1) is 0 Å². The number of rotatable bonds is 1. The molecule has 0 atom stereocenters. The molecule has 0 aliphatic carbocycles. The summed E-state index contributed by atoms with van der Waals surface area (Å²) in [5.74, 6) is 0. The molecule has 1 aliphatic rings. The normalized spacial score (nSPS) is 17.5. The third kappa shape index (κ3) is 3.16. The molecule has 15 heavy (non-hydrogen) atoms. The summed E-state index contributed by atoms with van der Waals surface area (Å²) >= 11 is 3.67. The lowest BCUT2D eigenvalue weighted by molar-refractivity contribution is 0.367. The highest BCUT2D eigenvalue weighted by Crippen LogP contribution is 2.29. The topological polar surface area (TPSA) is 3.24 Å². The molecular weight excluding hydrogens is 318 g/mol. The minimum Gasteiger partial charge on any atom is -0.301 e. The fraction of sp³-hybridized carbons (Fsp3) is 0.333. The Labute approximate surface area is 110 Å². The molecule has 0 unspecified atom stereocenters. The summed E-state index contributed by atoms with van der Waals surface area (Å²) in [6, 6.07) is 10.6. The molecule has 0 fully saturated rings. The van der Waals surface area contributed by atoms with Gasteiger partial charge in [-0.25, -0.2) is 0 Å². The first-order chi connectivity index (χ1) is 6.77. The van der Waals surface area contributed by atoms with Gasteiger partial charge in [0.1, 0.15) is 0 Å². The van der Waals surface area contributed by atoms with Crippen molar-refractivity contribution < 1.29 is 0 Å². The smallest absolute Gasteiger partial charge is 0.0299 e. The molecule has 0 radical (unpaired) electrons. The van der Waals surface area contributed by atoms with Gasteiger partial charge in [-0.15, -0.1) is 17.0 Å². The van der Waals surface area contributed by atoms with Gasteiger partial charge in [-0.1, -0.05) is 46.3 Å². The summed E-state index contributed by atoms with van der Waals surface area (Å²) in [5.41, 5.74) is 2.82. The molecule has 1 aromatic rings. The van der Waals surface area contributed by atoms with Crippen LogP contribution in [-0.4, -0.2) is 25.0 Å². The number of likely N-dealkylation sites (N-methyl/N-ethyl adjacent to an activating group) is 1. The highest BCUT2D eigenvalue weighted by molar-refractivity contribution is 9.11. The molecule has 0 N–H and O–H groups in total. The molecule has 0 saturated carbocycles. The molecule has 1 heterocycles. The van der Waals surface area contributed by atoms with Crippen LogP contribution in [0.1, 0.15) is 12.0 Å². The van der Waals surface area contributed by atoms with Gasteiger partial charge in [-0.2, -0.15) is 0 Å². The molecule has 1 aliphatic heterocycles. The molecular formula is C12H15Br2N. The minimum absolute atomic E-state index is 0. The van der Waals surface area contributed by atoms with E-state index in [1.54, 1.807) is 0 Å². The van der Waals surface area contributed by atoms with E-state index in [0.29, 0.717) is 0 Å². The van der Waals surface area contributed by atoms with Gasteiger partial charge in [-0.3, -0.25) is 0 Å². The van der Waals surface area contributed by atoms with Gasteiger partial charge in [0.15, 0.2) is 0 Å². The first-order valence-corrected chi connectivity index (χ1v) is 5.68. The Morgan fingerprint density at radius 2 is 1.87 bits per heavy atom. The van der Waals surface area contributed by atoms with Crippen LogP contribution in [0.15, 0.2) is 34.8 Å². The maximum atomic E-state index is 3.67. The summed E-state index contributed by atoms with van der Waals surface area (Å²) in [6.07, 6.45) is 1.14. The zero-order valence-electron chi connectivity index (χ0n) is 8.74. The van der Waals surface area contributed by atoms with Crippen LogP contribution in [0.4, 0.5) is 0 Å². The highest BCUT2D eigenvalue weighted by atomic mass is 79.9. The fourth-order valence-electron chi connectivity index (χ4n) is 1.79. The van der Waals surface area contributed by atoms with Gasteiger partial charge in [0.25, 0.3) is 0 Å². The van der Waals surface area contributed by atoms with Crippen molar-refractivity contribution in [3.63, 3.8) is 0 Å². The Kier molecular flexibility index (Phi) is 5.03. The molecule has 1 aromatic carbocycles. The van der Waals surface area contributed by atoms with Gasteiger partial charge in [0, 0.05) is 17.6 Å². The van der Waals surface area contributed by atoms with E-state index >= 15 is 0 Å². The number of nitrogens with zero attached hydrogens (tertiary/aromatic N) is 1. The summed E-state index contributed by atoms with van der Waals surface area (Å²) in [5, 5.41) is 0. The zero-order chi connectivity index (χ0) is 9.97. The second kappa shape index (κ2) is 5.83. The zero-order valence-corrected chi connectivity index (χ0v) is 12.0. The van der Waals surface area contributed by atoms with Crippen LogP contribution in [-0.2, 0) is 0 Å². The Bertz CT molecular complexity index is 346. The van der Waals surface area contributed by atoms with Crippen molar-refractivity contribution in [1.82, 2.24) is 4.90 Å². The molecule has 2 rings (SSSR count). The molecule has 0 spiro atoms. The largest absolute Gasteiger partial charge is 0.301 e. The van der Waals surface area contributed by atoms with Crippen molar-refractivity contribution in [2.75, 3.05) is 20.1 Å². The van der Waals surface area contributed by atoms with Crippen molar-refractivity contribution in [2.24, 2.45) is 0 Å². The lowest BCUT2D eigenvalue weighted by Crippen LogP contribution is -2.25. The number of hydrogen-bond acceptors (Lipinski definition) is 1. The Morgan fingerprint density at radius 1 is 1.20 bits per heavy atom. The second-order valence-corrected chi connectivity index (χ2v) is 4.69. The van der Waals surface area contributed by atoms with Gasteiger partial charge in [-0.05, 0) is 24.6 Å². The number of benzene rings is 1. The van der Waals surface area contributed by atoms with E-state index < -0.39 is 0 Å². The molecule has 0 aromatic heterocycles. The summed E-state index contributed by atoms with van der Waals surface area (Å²) in [4.78, 5) is 2.33. The van der Waals surface area contributed by atoms with Crippen molar-refractivity contribution in [3.05, 3.63) is 40.4 Å². The molecule has 1 nitrogen and oxygen atoms in total. The summed E-state index contributed by atoms with van der Waals surface area (Å²) in [7, 11) is 2.16. The van der Waals surface area contributed by atoms with Crippen molar-refractivity contribution >= 4 is 38.5 Å². The standard InChI is InChI=1S/C12H14BrN.BrH/c1-14-8-7-11(12(13)9-14)10-5-3-2-4-6-10;/h2-6H,7-9H2,1H3;1H. The molecule has 82 valence electrons. The summed E-state index contributed by atoms with van der Waals surface area (Å²) in [6.45, 7) is 2.18. The first kappa shape index (κ1) is 12.9. The number of halogens is 2. The third-order valence-electron chi connectivity index (χ3n) is 2.60. The second-order valence-electron chi connectivity index (χ2n) is 3.74. The van der Waals surface area contributed by atoms with Crippen LogP contribution < -0.4 is 0 Å². The van der Waals surface area contributed by atoms with Crippen molar-refractivity contribution in [1.29, 1.82) is 0 Å². The predicted octanol–water partition coefficient (Wildman–Crippen LogP) is 3.71. The van der Waals surface area contributed by atoms with Crippen LogP contribution in [0.5, 0.6) is 0 Å². The molecule has 3 heteroatoms. The monoisotopic (exact) mass is 331 g/mol.